The summed E-state index contributed by atoms with van der Waals surface area (Å²) in [7, 11) is 0. The van der Waals surface area contributed by atoms with E-state index < -0.39 is 0 Å². The van der Waals surface area contributed by atoms with Gasteiger partial charge in [0, 0.05) is 38.3 Å². The predicted octanol–water partition coefficient (Wildman–Crippen LogP) is 1.92. The summed E-state index contributed by atoms with van der Waals surface area (Å²) < 4.78 is 0. The van der Waals surface area contributed by atoms with Crippen molar-refractivity contribution in [3.05, 3.63) is 0 Å². The molecule has 0 spiro atoms. The van der Waals surface area contributed by atoms with Crippen molar-refractivity contribution in [2.75, 3.05) is 39.3 Å². The molecule has 2 rings (SSSR count). The van der Waals surface area contributed by atoms with Gasteiger partial charge in [-0.05, 0) is 45.6 Å². The Hall–Kier alpha value is -0.120. The molecule has 1 saturated carbocycles. The van der Waals surface area contributed by atoms with Crippen LogP contribution in [0.2, 0.25) is 0 Å². The van der Waals surface area contributed by atoms with Gasteiger partial charge in [0.2, 0.25) is 0 Å². The molecule has 0 unspecified atom stereocenters. The minimum atomic E-state index is 0.324. The molecule has 106 valence electrons. The van der Waals surface area contributed by atoms with E-state index in [0.717, 1.165) is 6.54 Å². The highest BCUT2D eigenvalue weighted by Gasteiger charge is 2.35. The smallest absolute Gasteiger partial charge is 0.0126 e. The van der Waals surface area contributed by atoms with Gasteiger partial charge in [0.15, 0.2) is 0 Å². The molecule has 1 saturated heterocycles. The van der Waals surface area contributed by atoms with Gasteiger partial charge in [-0.3, -0.25) is 4.90 Å². The Kier molecular flexibility index (Phi) is 4.35. The fourth-order valence-corrected chi connectivity index (χ4v) is 3.60. The fourth-order valence-electron chi connectivity index (χ4n) is 3.60. The first-order valence-corrected chi connectivity index (χ1v) is 7.63. The second-order valence-corrected chi connectivity index (χ2v) is 7.35. The molecule has 0 amide bonds. The first-order chi connectivity index (χ1) is 8.45. The summed E-state index contributed by atoms with van der Waals surface area (Å²) in [6, 6.07) is 0. The Morgan fingerprint density at radius 3 is 2.00 bits per heavy atom. The molecular formula is C15H31N3. The number of hydrogen-bond donors (Lipinski definition) is 1. The number of rotatable bonds is 3. The van der Waals surface area contributed by atoms with Crippen LogP contribution in [0.3, 0.4) is 0 Å². The van der Waals surface area contributed by atoms with Crippen LogP contribution in [-0.4, -0.2) is 54.6 Å². The highest BCUT2D eigenvalue weighted by Crippen LogP contribution is 2.38. The lowest BCUT2D eigenvalue weighted by Crippen LogP contribution is -2.55. The third-order valence-corrected chi connectivity index (χ3v) is 4.98. The van der Waals surface area contributed by atoms with Gasteiger partial charge in [-0.2, -0.15) is 0 Å². The monoisotopic (exact) mass is 253 g/mol. The first-order valence-electron chi connectivity index (χ1n) is 7.63. The van der Waals surface area contributed by atoms with Crippen molar-refractivity contribution in [2.24, 2.45) is 11.1 Å². The van der Waals surface area contributed by atoms with Crippen LogP contribution < -0.4 is 5.73 Å². The molecule has 1 aliphatic carbocycles. The summed E-state index contributed by atoms with van der Waals surface area (Å²) in [4.78, 5) is 5.26. The minimum absolute atomic E-state index is 0.324. The van der Waals surface area contributed by atoms with E-state index in [1.54, 1.807) is 0 Å². The maximum atomic E-state index is 6.05. The third-order valence-electron chi connectivity index (χ3n) is 4.98. The molecule has 0 aromatic rings. The summed E-state index contributed by atoms with van der Waals surface area (Å²) in [5.74, 6) is 0. The average Bonchev–Trinajstić information content (AvgIpc) is 2.78. The Morgan fingerprint density at radius 2 is 1.56 bits per heavy atom. The van der Waals surface area contributed by atoms with Crippen molar-refractivity contribution in [2.45, 2.75) is 52.0 Å². The molecule has 0 bridgehead atoms. The van der Waals surface area contributed by atoms with Crippen molar-refractivity contribution in [1.82, 2.24) is 9.80 Å². The maximum absolute atomic E-state index is 6.05. The van der Waals surface area contributed by atoms with Gasteiger partial charge < -0.3 is 10.6 Å². The number of nitrogens with two attached hydrogens (primary N) is 1. The molecule has 1 heterocycles. The number of nitrogens with zero attached hydrogens (tertiary/aromatic N) is 2. The molecule has 0 aromatic heterocycles. The van der Waals surface area contributed by atoms with Crippen LogP contribution in [0.25, 0.3) is 0 Å². The molecule has 0 atom stereocenters. The highest BCUT2D eigenvalue weighted by atomic mass is 15.3. The molecule has 2 N–H and O–H groups in total. The standard InChI is InChI=1S/C15H31N3/c1-14(2,3)18-10-8-17(9-11-18)13-15(12-16)6-4-5-7-15/h4-13,16H2,1-3H3. The lowest BCUT2D eigenvalue weighted by Gasteiger charge is -2.44. The zero-order valence-corrected chi connectivity index (χ0v) is 12.5. The van der Waals surface area contributed by atoms with E-state index in [9.17, 15) is 0 Å². The van der Waals surface area contributed by atoms with Gasteiger partial charge in [0.05, 0.1) is 0 Å². The molecule has 1 aliphatic heterocycles. The second kappa shape index (κ2) is 5.48. The van der Waals surface area contributed by atoms with E-state index in [1.165, 1.54) is 58.4 Å². The molecular weight excluding hydrogens is 222 g/mol. The van der Waals surface area contributed by atoms with Crippen LogP contribution in [-0.2, 0) is 0 Å². The summed E-state index contributed by atoms with van der Waals surface area (Å²) in [5.41, 5.74) is 6.82. The van der Waals surface area contributed by atoms with Crippen molar-refractivity contribution in [1.29, 1.82) is 0 Å². The van der Waals surface area contributed by atoms with Gasteiger partial charge in [0.25, 0.3) is 0 Å². The van der Waals surface area contributed by atoms with Crippen LogP contribution in [0.4, 0.5) is 0 Å². The fraction of sp³-hybridized carbons (Fsp3) is 1.00. The molecule has 0 aromatic carbocycles. The van der Waals surface area contributed by atoms with E-state index in [0.29, 0.717) is 11.0 Å². The molecule has 0 radical (unpaired) electrons. The van der Waals surface area contributed by atoms with Crippen LogP contribution in [0.1, 0.15) is 46.5 Å². The highest BCUT2D eigenvalue weighted by molar-refractivity contribution is 4.90. The number of piperazine rings is 1. The van der Waals surface area contributed by atoms with Crippen LogP contribution in [0.15, 0.2) is 0 Å². The molecule has 2 aliphatic rings. The number of hydrogen-bond acceptors (Lipinski definition) is 3. The summed E-state index contributed by atoms with van der Waals surface area (Å²) in [6.07, 6.45) is 5.48. The summed E-state index contributed by atoms with van der Waals surface area (Å²) in [5, 5.41) is 0. The summed E-state index contributed by atoms with van der Waals surface area (Å²) in [6.45, 7) is 13.9. The molecule has 2 fully saturated rings. The zero-order chi connectivity index (χ0) is 13.2. The minimum Gasteiger partial charge on any atom is -0.330 e. The van der Waals surface area contributed by atoms with Gasteiger partial charge in [-0.25, -0.2) is 0 Å². The Bertz CT molecular complexity index is 255. The van der Waals surface area contributed by atoms with Crippen molar-refractivity contribution < 1.29 is 0 Å². The SMILES string of the molecule is CC(C)(C)N1CCN(CC2(CN)CCCC2)CC1. The van der Waals surface area contributed by atoms with E-state index in [1.807, 2.05) is 0 Å². The molecule has 3 heteroatoms. The molecule has 18 heavy (non-hydrogen) atoms. The van der Waals surface area contributed by atoms with Gasteiger partial charge >= 0.3 is 0 Å². The average molecular weight is 253 g/mol. The van der Waals surface area contributed by atoms with E-state index >= 15 is 0 Å². The van der Waals surface area contributed by atoms with Crippen LogP contribution >= 0.6 is 0 Å². The maximum Gasteiger partial charge on any atom is 0.0126 e. The van der Waals surface area contributed by atoms with Gasteiger partial charge in [-0.1, -0.05) is 12.8 Å². The van der Waals surface area contributed by atoms with E-state index in [4.69, 9.17) is 5.73 Å². The predicted molar refractivity (Wildman–Crippen MR) is 77.7 cm³/mol. The van der Waals surface area contributed by atoms with Gasteiger partial charge in [-0.15, -0.1) is 0 Å². The zero-order valence-electron chi connectivity index (χ0n) is 12.5. The lowest BCUT2D eigenvalue weighted by molar-refractivity contribution is 0.0417. The van der Waals surface area contributed by atoms with Crippen LogP contribution in [0, 0.1) is 5.41 Å². The summed E-state index contributed by atoms with van der Waals surface area (Å²) >= 11 is 0. The van der Waals surface area contributed by atoms with Crippen molar-refractivity contribution in [3.8, 4) is 0 Å². The quantitative estimate of drug-likeness (QED) is 0.834. The topological polar surface area (TPSA) is 32.5 Å². The largest absolute Gasteiger partial charge is 0.330 e. The Labute approximate surface area is 113 Å². The van der Waals surface area contributed by atoms with E-state index in [-0.39, 0.29) is 0 Å². The van der Waals surface area contributed by atoms with Crippen molar-refractivity contribution >= 4 is 0 Å². The second-order valence-electron chi connectivity index (χ2n) is 7.35. The van der Waals surface area contributed by atoms with E-state index in [2.05, 4.69) is 30.6 Å². The Morgan fingerprint density at radius 1 is 1.00 bits per heavy atom. The van der Waals surface area contributed by atoms with Crippen LogP contribution in [0.5, 0.6) is 0 Å². The van der Waals surface area contributed by atoms with Gasteiger partial charge in [0.1, 0.15) is 0 Å². The lowest BCUT2D eigenvalue weighted by atomic mass is 9.85. The first kappa shape index (κ1) is 14.3. The third kappa shape index (κ3) is 3.25. The van der Waals surface area contributed by atoms with Crippen molar-refractivity contribution in [3.63, 3.8) is 0 Å². The normalized spacial score (nSPS) is 26.7. The Balaban J connectivity index is 1.83. The molecule has 3 nitrogen and oxygen atoms in total.